The molecule has 0 radical (unpaired) electrons. The van der Waals surface area contributed by atoms with Crippen LogP contribution in [0.3, 0.4) is 0 Å². The Morgan fingerprint density at radius 3 is 2.87 bits per heavy atom. The Morgan fingerprint density at radius 2 is 2.00 bits per heavy atom. The minimum atomic E-state index is -0.747. The SMILES string of the molecule is COc1cccc2cc(C(=O)NCC#CCOc3ccc4c(c3)OCO4)c(=O)oc12. The highest BCUT2D eigenvalue weighted by Gasteiger charge is 2.15. The van der Waals surface area contributed by atoms with E-state index in [0.29, 0.717) is 34.0 Å². The number of ether oxygens (including phenoxy) is 4. The van der Waals surface area contributed by atoms with Crippen LogP contribution in [0.2, 0.25) is 0 Å². The molecule has 0 fully saturated rings. The first-order chi connectivity index (χ1) is 14.7. The van der Waals surface area contributed by atoms with Crippen molar-refractivity contribution in [1.29, 1.82) is 0 Å². The van der Waals surface area contributed by atoms with Crippen LogP contribution in [0.15, 0.2) is 51.7 Å². The zero-order valence-electron chi connectivity index (χ0n) is 16.0. The van der Waals surface area contributed by atoms with Crippen LogP contribution in [0.1, 0.15) is 10.4 Å². The van der Waals surface area contributed by atoms with E-state index in [1.54, 1.807) is 36.4 Å². The fraction of sp³-hybridized carbons (Fsp3) is 0.182. The number of benzene rings is 2. The zero-order valence-corrected chi connectivity index (χ0v) is 16.0. The summed E-state index contributed by atoms with van der Waals surface area (Å²) in [5.74, 6) is 7.31. The summed E-state index contributed by atoms with van der Waals surface area (Å²) >= 11 is 0. The molecule has 8 heteroatoms. The molecule has 4 rings (SSSR count). The molecule has 1 amide bonds. The highest BCUT2D eigenvalue weighted by Crippen LogP contribution is 2.35. The van der Waals surface area contributed by atoms with Crippen LogP contribution in [0, 0.1) is 11.8 Å². The summed E-state index contributed by atoms with van der Waals surface area (Å²) in [6.07, 6.45) is 0. The number of rotatable bonds is 5. The molecule has 0 spiro atoms. The number of nitrogens with one attached hydrogen (secondary N) is 1. The Labute approximate surface area is 171 Å². The minimum Gasteiger partial charge on any atom is -0.493 e. The number of para-hydroxylation sites is 1. The number of hydrogen-bond donors (Lipinski definition) is 1. The molecule has 1 N–H and O–H groups in total. The van der Waals surface area contributed by atoms with Gasteiger partial charge in [0.05, 0.1) is 13.7 Å². The van der Waals surface area contributed by atoms with Crippen molar-refractivity contribution in [3.05, 3.63) is 58.4 Å². The number of carbonyl (C=O) groups is 1. The van der Waals surface area contributed by atoms with Crippen molar-refractivity contribution < 1.29 is 28.2 Å². The summed E-state index contributed by atoms with van der Waals surface area (Å²) in [6, 6.07) is 11.8. The van der Waals surface area contributed by atoms with Crippen molar-refractivity contribution in [2.24, 2.45) is 0 Å². The molecule has 30 heavy (non-hydrogen) atoms. The van der Waals surface area contributed by atoms with Crippen LogP contribution in [0.5, 0.6) is 23.0 Å². The van der Waals surface area contributed by atoms with Gasteiger partial charge in [0.25, 0.3) is 5.91 Å². The highest BCUT2D eigenvalue weighted by atomic mass is 16.7. The lowest BCUT2D eigenvalue weighted by molar-refractivity contribution is 0.0955. The van der Waals surface area contributed by atoms with E-state index in [9.17, 15) is 9.59 Å². The van der Waals surface area contributed by atoms with Crippen LogP contribution in [-0.2, 0) is 0 Å². The molecule has 0 bridgehead atoms. The third kappa shape index (κ3) is 4.00. The normalized spacial score (nSPS) is 11.5. The molecular weight excluding hydrogens is 390 g/mol. The second kappa shape index (κ2) is 8.49. The van der Waals surface area contributed by atoms with Crippen molar-refractivity contribution >= 4 is 16.9 Å². The second-order valence-electron chi connectivity index (χ2n) is 6.17. The Kier molecular flexibility index (Phi) is 5.44. The lowest BCUT2D eigenvalue weighted by Crippen LogP contribution is -2.28. The van der Waals surface area contributed by atoms with Crippen LogP contribution in [-0.4, -0.2) is 33.0 Å². The number of fused-ring (bicyclic) bond motifs is 2. The van der Waals surface area contributed by atoms with Gasteiger partial charge in [-0.3, -0.25) is 4.79 Å². The number of carbonyl (C=O) groups excluding carboxylic acids is 1. The predicted octanol–water partition coefficient (Wildman–Crippen LogP) is 2.34. The van der Waals surface area contributed by atoms with E-state index >= 15 is 0 Å². The fourth-order valence-electron chi connectivity index (χ4n) is 2.86. The van der Waals surface area contributed by atoms with E-state index in [1.165, 1.54) is 13.2 Å². The van der Waals surface area contributed by atoms with Gasteiger partial charge in [0, 0.05) is 11.5 Å². The molecule has 2 aromatic carbocycles. The van der Waals surface area contributed by atoms with Crippen LogP contribution >= 0.6 is 0 Å². The first kappa shape index (κ1) is 19.2. The zero-order chi connectivity index (χ0) is 20.9. The van der Waals surface area contributed by atoms with Crippen LogP contribution in [0.4, 0.5) is 0 Å². The molecule has 0 aliphatic carbocycles. The smallest absolute Gasteiger partial charge is 0.349 e. The minimum absolute atomic E-state index is 0.0545. The molecule has 0 saturated carbocycles. The monoisotopic (exact) mass is 407 g/mol. The molecule has 2 heterocycles. The molecule has 0 saturated heterocycles. The molecule has 1 aliphatic rings. The molecule has 1 aromatic heterocycles. The van der Waals surface area contributed by atoms with Crippen molar-refractivity contribution in [3.8, 4) is 34.8 Å². The standard InChI is InChI=1S/C22H17NO7/c1-26-18-6-4-5-14-11-16(22(25)30-20(14)18)21(24)23-9-2-3-10-27-15-7-8-17-19(12-15)29-13-28-17/h4-8,11-12H,9-10,13H2,1H3,(H,23,24). The van der Waals surface area contributed by atoms with Gasteiger partial charge >= 0.3 is 5.63 Å². The molecule has 0 atom stereocenters. The van der Waals surface area contributed by atoms with Gasteiger partial charge in [-0.2, -0.15) is 0 Å². The first-order valence-corrected chi connectivity index (χ1v) is 9.03. The van der Waals surface area contributed by atoms with Crippen LogP contribution in [0.25, 0.3) is 11.0 Å². The molecule has 3 aromatic rings. The number of amides is 1. The predicted molar refractivity (Wildman–Crippen MR) is 107 cm³/mol. The summed E-state index contributed by atoms with van der Waals surface area (Å²) in [5, 5.41) is 3.16. The topological polar surface area (TPSA) is 96.2 Å². The highest BCUT2D eigenvalue weighted by molar-refractivity contribution is 5.97. The quantitative estimate of drug-likeness (QED) is 0.512. The summed E-state index contributed by atoms with van der Waals surface area (Å²) in [5.41, 5.74) is -0.556. The van der Waals surface area contributed by atoms with Gasteiger partial charge in [0.15, 0.2) is 22.8 Å². The van der Waals surface area contributed by atoms with Gasteiger partial charge in [-0.05, 0) is 24.3 Å². The number of hydrogen-bond acceptors (Lipinski definition) is 7. The van der Waals surface area contributed by atoms with Crippen molar-refractivity contribution in [2.45, 2.75) is 0 Å². The van der Waals surface area contributed by atoms with Gasteiger partial charge in [-0.1, -0.05) is 24.0 Å². The van der Waals surface area contributed by atoms with E-state index in [2.05, 4.69) is 17.2 Å². The summed E-state index contributed by atoms with van der Waals surface area (Å²) in [4.78, 5) is 24.5. The van der Waals surface area contributed by atoms with Crippen LogP contribution < -0.4 is 29.9 Å². The van der Waals surface area contributed by atoms with Gasteiger partial charge < -0.3 is 28.7 Å². The van der Waals surface area contributed by atoms with Gasteiger partial charge in [0.2, 0.25) is 6.79 Å². The molecule has 8 nitrogen and oxygen atoms in total. The number of methoxy groups -OCH3 is 1. The maximum atomic E-state index is 12.3. The Hall–Kier alpha value is -4.12. The lowest BCUT2D eigenvalue weighted by Gasteiger charge is -2.05. The molecule has 0 unspecified atom stereocenters. The summed E-state index contributed by atoms with van der Waals surface area (Å²) in [6.45, 7) is 0.383. The second-order valence-corrected chi connectivity index (χ2v) is 6.17. The van der Waals surface area contributed by atoms with E-state index in [-0.39, 0.29) is 25.5 Å². The van der Waals surface area contributed by atoms with E-state index < -0.39 is 11.5 Å². The average molecular weight is 407 g/mol. The molecule has 1 aliphatic heterocycles. The lowest BCUT2D eigenvalue weighted by atomic mass is 10.1. The molecule has 152 valence electrons. The Balaban J connectivity index is 1.33. The first-order valence-electron chi connectivity index (χ1n) is 9.03. The fourth-order valence-corrected chi connectivity index (χ4v) is 2.86. The average Bonchev–Trinajstić information content (AvgIpc) is 3.23. The van der Waals surface area contributed by atoms with Gasteiger partial charge in [0.1, 0.15) is 17.9 Å². The van der Waals surface area contributed by atoms with Gasteiger partial charge in [-0.25, -0.2) is 4.79 Å². The summed E-state index contributed by atoms with van der Waals surface area (Å²) in [7, 11) is 1.48. The molecular formula is C22H17NO7. The summed E-state index contributed by atoms with van der Waals surface area (Å²) < 4.78 is 26.4. The van der Waals surface area contributed by atoms with Crippen molar-refractivity contribution in [3.63, 3.8) is 0 Å². The maximum Gasteiger partial charge on any atom is 0.349 e. The van der Waals surface area contributed by atoms with E-state index in [0.717, 1.165) is 0 Å². The Bertz CT molecular complexity index is 1220. The van der Waals surface area contributed by atoms with E-state index in [4.69, 9.17) is 23.4 Å². The largest absolute Gasteiger partial charge is 0.493 e. The van der Waals surface area contributed by atoms with Gasteiger partial charge in [-0.15, -0.1) is 0 Å². The van der Waals surface area contributed by atoms with E-state index in [1.807, 2.05) is 0 Å². The Morgan fingerprint density at radius 1 is 1.13 bits per heavy atom. The van der Waals surface area contributed by atoms with Crippen molar-refractivity contribution in [2.75, 3.05) is 27.1 Å². The third-order valence-electron chi connectivity index (χ3n) is 4.31. The third-order valence-corrected chi connectivity index (χ3v) is 4.31. The van der Waals surface area contributed by atoms with Crippen molar-refractivity contribution in [1.82, 2.24) is 5.32 Å². The maximum absolute atomic E-state index is 12.3.